The molecule has 3 aliphatic heterocycles. The summed E-state index contributed by atoms with van der Waals surface area (Å²) in [5, 5.41) is 64.6. The van der Waals surface area contributed by atoms with Crippen LogP contribution in [0.3, 0.4) is 0 Å². The number of ketones is 1. The summed E-state index contributed by atoms with van der Waals surface area (Å²) in [6, 6.07) is 5.19. The summed E-state index contributed by atoms with van der Waals surface area (Å²) in [6.07, 6.45) is 7.89. The van der Waals surface area contributed by atoms with Gasteiger partial charge in [0.15, 0.2) is 5.75 Å². The Morgan fingerprint density at radius 3 is 2.24 bits per heavy atom. The van der Waals surface area contributed by atoms with Gasteiger partial charge >= 0.3 is 11.8 Å². The van der Waals surface area contributed by atoms with Crippen LogP contribution in [0.1, 0.15) is 70.0 Å². The molecule has 1 amide bonds. The van der Waals surface area contributed by atoms with Crippen molar-refractivity contribution in [2.24, 2.45) is 28.8 Å². The average Bonchev–Trinajstić information content (AvgIpc) is 3.46. The van der Waals surface area contributed by atoms with Crippen LogP contribution < -0.4 is 14.7 Å². The number of ether oxygens (including phenoxy) is 4. The van der Waals surface area contributed by atoms with Crippen molar-refractivity contribution in [1.82, 2.24) is 0 Å². The first kappa shape index (κ1) is 43.4. The number of aromatic hydroxyl groups is 3. The fraction of sp³-hybridized carbons (Fsp3) is 0.419. The zero-order valence-electron chi connectivity index (χ0n) is 34.0. The van der Waals surface area contributed by atoms with Gasteiger partial charge in [-0.3, -0.25) is 14.4 Å². The maximum atomic E-state index is 14.4. The molecule has 58 heavy (non-hydrogen) atoms. The van der Waals surface area contributed by atoms with Crippen molar-refractivity contribution < 1.29 is 63.5 Å². The third kappa shape index (κ3) is 8.28. The molecular formula is C43H52N3O12+. The number of rotatable bonds is 4. The molecule has 0 radical (unpaired) electrons. The van der Waals surface area contributed by atoms with Gasteiger partial charge < -0.3 is 49.8 Å². The molecule has 3 aromatic rings. The summed E-state index contributed by atoms with van der Waals surface area (Å²) in [5.74, 6) is -8.55. The highest BCUT2D eigenvalue weighted by Crippen LogP contribution is 2.55. The van der Waals surface area contributed by atoms with Crippen molar-refractivity contribution in [2.75, 3.05) is 12.4 Å². The molecule has 0 spiro atoms. The number of methoxy groups -OCH3 is 1. The normalized spacial score (nSPS) is 30.4. The molecule has 4 heterocycles. The molecule has 0 saturated heterocycles. The predicted octanol–water partition coefficient (Wildman–Crippen LogP) is 4.92. The number of aliphatic hydroxyl groups excluding tert-OH is 2. The zero-order chi connectivity index (χ0) is 42.8. The highest BCUT2D eigenvalue weighted by Gasteiger charge is 2.50. The number of hydrogen-bond acceptors (Lipinski definition) is 13. The first-order valence-electron chi connectivity index (χ1n) is 18.9. The molecule has 15 heteroatoms. The number of amides is 1. The van der Waals surface area contributed by atoms with Gasteiger partial charge in [0.05, 0.1) is 46.8 Å². The van der Waals surface area contributed by atoms with Gasteiger partial charge in [-0.1, -0.05) is 56.7 Å². The third-order valence-corrected chi connectivity index (χ3v) is 11.1. The lowest BCUT2D eigenvalue weighted by molar-refractivity contribution is -0.678. The number of hydrogen-bond donors (Lipinski definition) is 6. The van der Waals surface area contributed by atoms with E-state index < -0.39 is 88.8 Å². The molecule has 0 fully saturated rings. The van der Waals surface area contributed by atoms with Crippen LogP contribution in [0.25, 0.3) is 10.8 Å². The Morgan fingerprint density at radius 2 is 1.60 bits per heavy atom. The van der Waals surface area contributed by atoms with Crippen molar-refractivity contribution in [3.8, 4) is 23.0 Å². The number of phenols is 3. The number of esters is 1. The Bertz CT molecular complexity index is 2200. The second-order valence-corrected chi connectivity index (χ2v) is 15.1. The van der Waals surface area contributed by atoms with Crippen LogP contribution in [0.15, 0.2) is 71.8 Å². The number of benzene rings is 2. The van der Waals surface area contributed by atoms with E-state index in [4.69, 9.17) is 18.9 Å². The van der Waals surface area contributed by atoms with E-state index in [9.17, 15) is 39.9 Å². The van der Waals surface area contributed by atoms with Crippen LogP contribution in [0.4, 0.5) is 5.69 Å². The minimum absolute atomic E-state index is 0.0396. The zero-order valence-corrected chi connectivity index (χ0v) is 34.0. The van der Waals surface area contributed by atoms with Crippen LogP contribution in [0.2, 0.25) is 0 Å². The van der Waals surface area contributed by atoms with E-state index in [1.165, 1.54) is 64.1 Å². The number of carbonyl (C=O) groups excluding carboxylic acids is 3. The standard InChI is InChI=1S/C43H51N3O12/c1-21-14-13-15-22(2)42(54)45-33-28(20-44-46-17-11-10-12-18-46)37(51)30-31(38(33)52)36(50)26(6)40-32(30)41(53)43(8,58-40)56-19-16-29(55-9)23(3)39(57-27(7)47)25(5)35(49)24(4)34(21)48/h10-21,23-25,29,34-35,39,48-49H,1-9H3,(H3-,44,45,50,51,52,53,54)/p+1/b14-13+,19-16+,22-15-/t21-,23+,24+,25+,29-,34-,35+,39+,43-/m0/s1. The van der Waals surface area contributed by atoms with Crippen molar-refractivity contribution in [1.29, 1.82) is 0 Å². The smallest absolute Gasteiger partial charge is 0.312 e. The largest absolute Gasteiger partial charge is 0.507 e. The van der Waals surface area contributed by atoms with E-state index in [0.29, 0.717) is 0 Å². The monoisotopic (exact) mass is 802 g/mol. The lowest BCUT2D eigenvalue weighted by atomic mass is 9.78. The lowest BCUT2D eigenvalue weighted by Crippen LogP contribution is -2.46. The summed E-state index contributed by atoms with van der Waals surface area (Å²) < 4.78 is 24.9. The summed E-state index contributed by atoms with van der Waals surface area (Å²) in [4.78, 5) is 40.4. The van der Waals surface area contributed by atoms with Gasteiger partial charge in [-0.05, 0) is 25.0 Å². The number of nitrogens with one attached hydrogen (secondary N) is 1. The van der Waals surface area contributed by atoms with E-state index in [-0.39, 0.29) is 44.5 Å². The number of aromatic nitrogens is 1. The molecule has 0 aliphatic carbocycles. The summed E-state index contributed by atoms with van der Waals surface area (Å²) in [6.45, 7) is 12.4. The first-order chi connectivity index (χ1) is 27.3. The molecule has 310 valence electrons. The Balaban J connectivity index is 1.73. The fourth-order valence-electron chi connectivity index (χ4n) is 7.46. The SMILES string of the molecule is CO[C@H]1/C=C/O[C@@]2(C)Oc3c(C)c(O)c4c(O)c(c(/C=N/[n+]5ccccc5)c(O)c4c3C2=O)NC(=O)/C(C)=C\C=C\[C@H](C)[C@H](O)[C@@H](C)[C@@H](O)[C@@H](C)[C@H](OC(C)=O)[C@@H]1C. The summed E-state index contributed by atoms with van der Waals surface area (Å²) in [5.41, 5.74) is -0.518. The number of aliphatic hydroxyl groups is 2. The van der Waals surface area contributed by atoms with E-state index in [2.05, 4.69) is 10.4 Å². The van der Waals surface area contributed by atoms with Gasteiger partial charge in [-0.2, -0.15) is 0 Å². The number of phenolic OH excluding ortho intramolecular Hbond substituents is 3. The predicted molar refractivity (Wildman–Crippen MR) is 213 cm³/mol. The van der Waals surface area contributed by atoms with Gasteiger partial charge in [-0.25, -0.2) is 0 Å². The number of carbonyl (C=O) groups is 3. The van der Waals surface area contributed by atoms with Crippen LogP contribution in [-0.4, -0.2) is 86.7 Å². The van der Waals surface area contributed by atoms with Gasteiger partial charge in [0.1, 0.15) is 29.6 Å². The van der Waals surface area contributed by atoms with Crippen LogP contribution in [0.5, 0.6) is 23.0 Å². The van der Waals surface area contributed by atoms with Crippen molar-refractivity contribution in [3.63, 3.8) is 0 Å². The molecule has 6 N–H and O–H groups in total. The molecule has 1 aromatic heterocycles. The van der Waals surface area contributed by atoms with Crippen molar-refractivity contribution in [3.05, 3.63) is 83.4 Å². The van der Waals surface area contributed by atoms with Gasteiger partial charge in [-0.15, -0.1) is 0 Å². The van der Waals surface area contributed by atoms with Gasteiger partial charge in [0.25, 0.3) is 11.7 Å². The number of Topliss-reactive ketones (excluding diaryl/α,β-unsaturated/α-hetero) is 1. The van der Waals surface area contributed by atoms with Crippen molar-refractivity contribution >= 4 is 40.3 Å². The molecular weight excluding hydrogens is 750 g/mol. The quantitative estimate of drug-likeness (QED) is 0.0681. The lowest BCUT2D eigenvalue weighted by Gasteiger charge is -2.38. The maximum Gasteiger partial charge on any atom is 0.312 e. The molecule has 9 atom stereocenters. The molecule has 15 nitrogen and oxygen atoms in total. The number of fused-ring (bicyclic) bond motifs is 14. The maximum absolute atomic E-state index is 14.4. The number of pyridine rings is 1. The molecule has 3 aliphatic rings. The van der Waals surface area contributed by atoms with Crippen LogP contribution >= 0.6 is 0 Å². The number of anilines is 1. The minimum atomic E-state index is -2.06. The molecule has 5 bridgehead atoms. The average molecular weight is 803 g/mol. The van der Waals surface area contributed by atoms with Gasteiger partial charge in [0, 0.05) is 73.3 Å². The van der Waals surface area contributed by atoms with Crippen molar-refractivity contribution in [2.45, 2.75) is 85.6 Å². The Morgan fingerprint density at radius 1 is 0.931 bits per heavy atom. The summed E-state index contributed by atoms with van der Waals surface area (Å²) >= 11 is 0. The van der Waals surface area contributed by atoms with E-state index in [0.717, 1.165) is 0 Å². The highest BCUT2D eigenvalue weighted by molar-refractivity contribution is 6.23. The van der Waals surface area contributed by atoms with Gasteiger partial charge in [0.2, 0.25) is 12.4 Å². The molecule has 0 saturated carbocycles. The Hall–Kier alpha value is -5.77. The van der Waals surface area contributed by atoms with E-state index in [1.54, 1.807) is 70.4 Å². The Labute approximate surface area is 336 Å². The van der Waals surface area contributed by atoms with E-state index in [1.807, 2.05) is 0 Å². The Kier molecular flexibility index (Phi) is 13.0. The number of allylic oxidation sites excluding steroid dienone is 2. The molecule has 6 rings (SSSR count). The topological polar surface area (TPSA) is 218 Å². The second-order valence-electron chi connectivity index (χ2n) is 15.1. The first-order valence-corrected chi connectivity index (χ1v) is 18.9. The van der Waals surface area contributed by atoms with Crippen LogP contribution in [0, 0.1) is 30.6 Å². The minimum Gasteiger partial charge on any atom is -0.507 e. The highest BCUT2D eigenvalue weighted by atomic mass is 16.7. The van der Waals surface area contributed by atoms with E-state index >= 15 is 0 Å². The third-order valence-electron chi connectivity index (χ3n) is 11.1. The fourth-order valence-corrected chi connectivity index (χ4v) is 7.46. The molecule has 0 unspecified atom stereocenters. The molecule has 2 aromatic carbocycles. The second kappa shape index (κ2) is 17.4. The summed E-state index contributed by atoms with van der Waals surface area (Å²) in [7, 11) is 1.43. The number of nitrogens with zero attached hydrogens (tertiary/aromatic N) is 2. The van der Waals surface area contributed by atoms with Crippen LogP contribution in [-0.2, 0) is 23.8 Å².